The smallest absolute Gasteiger partial charge is 0.125 e. The van der Waals surface area contributed by atoms with E-state index in [9.17, 15) is 15.3 Å². The van der Waals surface area contributed by atoms with Crippen LogP contribution in [0.15, 0.2) is 47.6 Å². The van der Waals surface area contributed by atoms with Crippen molar-refractivity contribution in [2.75, 3.05) is 6.61 Å². The SMILES string of the molecule is CCOc1ccc(Cc2cc([C@@H]3O[C@H](C=NO)[C@@H](O)[C@H](O)[C@H]3O)ccc2Cl)cc1. The molecule has 1 fully saturated rings. The van der Waals surface area contributed by atoms with Crippen molar-refractivity contribution in [1.29, 1.82) is 0 Å². The molecule has 1 saturated heterocycles. The van der Waals surface area contributed by atoms with Gasteiger partial charge in [-0.3, -0.25) is 0 Å². The van der Waals surface area contributed by atoms with Gasteiger partial charge in [-0.15, -0.1) is 0 Å². The molecule has 0 aromatic heterocycles. The van der Waals surface area contributed by atoms with Crippen LogP contribution in [0.3, 0.4) is 0 Å². The molecule has 0 spiro atoms. The summed E-state index contributed by atoms with van der Waals surface area (Å²) >= 11 is 6.36. The zero-order chi connectivity index (χ0) is 21.0. The van der Waals surface area contributed by atoms with E-state index in [4.69, 9.17) is 26.3 Å². The predicted octanol–water partition coefficient (Wildman–Crippen LogP) is 2.31. The van der Waals surface area contributed by atoms with Gasteiger partial charge in [0, 0.05) is 5.02 Å². The summed E-state index contributed by atoms with van der Waals surface area (Å²) in [6.45, 7) is 2.52. The van der Waals surface area contributed by atoms with Crippen molar-refractivity contribution in [2.24, 2.45) is 5.16 Å². The third kappa shape index (κ3) is 4.88. The zero-order valence-corrected chi connectivity index (χ0v) is 16.6. The molecule has 156 valence electrons. The van der Waals surface area contributed by atoms with E-state index in [1.807, 2.05) is 31.2 Å². The Labute approximate surface area is 173 Å². The number of ether oxygens (including phenoxy) is 2. The average Bonchev–Trinajstić information content (AvgIpc) is 2.72. The standard InChI is InChI=1S/C21H24ClNO6/c1-2-28-15-6-3-12(4-7-15)9-14-10-13(5-8-16(14)22)21-20(26)19(25)18(24)17(29-21)11-23-27/h3-8,10-11,17-21,24-27H,2,9H2,1H3/t17-,18-,19+,20-,21+/m1/s1. The minimum absolute atomic E-state index is 0.550. The van der Waals surface area contributed by atoms with Crippen molar-refractivity contribution in [3.05, 3.63) is 64.2 Å². The van der Waals surface area contributed by atoms with Gasteiger partial charge in [-0.25, -0.2) is 0 Å². The van der Waals surface area contributed by atoms with E-state index in [0.717, 1.165) is 23.1 Å². The fourth-order valence-corrected chi connectivity index (χ4v) is 3.55. The third-order valence-electron chi connectivity index (χ3n) is 4.89. The molecule has 3 rings (SSSR count). The van der Waals surface area contributed by atoms with E-state index in [1.165, 1.54) is 0 Å². The van der Waals surface area contributed by atoms with E-state index < -0.39 is 30.5 Å². The maximum absolute atomic E-state index is 10.4. The molecule has 0 saturated carbocycles. The Bertz CT molecular complexity index is 844. The minimum atomic E-state index is -1.46. The van der Waals surface area contributed by atoms with Crippen LogP contribution in [0.2, 0.25) is 5.02 Å². The van der Waals surface area contributed by atoms with E-state index in [2.05, 4.69) is 5.16 Å². The molecule has 1 aliphatic rings. The molecule has 2 aromatic rings. The van der Waals surface area contributed by atoms with Gasteiger partial charge >= 0.3 is 0 Å². The van der Waals surface area contributed by atoms with Crippen LogP contribution >= 0.6 is 11.6 Å². The van der Waals surface area contributed by atoms with Gasteiger partial charge < -0.3 is 30.0 Å². The molecule has 0 bridgehead atoms. The first kappa shape index (κ1) is 21.5. The van der Waals surface area contributed by atoms with Gasteiger partial charge in [-0.2, -0.15) is 0 Å². The van der Waals surface area contributed by atoms with Crippen LogP contribution in [0.4, 0.5) is 0 Å². The number of aliphatic hydroxyl groups excluding tert-OH is 3. The fraction of sp³-hybridized carbons (Fsp3) is 0.381. The maximum Gasteiger partial charge on any atom is 0.125 e. The van der Waals surface area contributed by atoms with Crippen LogP contribution in [0.1, 0.15) is 29.7 Å². The van der Waals surface area contributed by atoms with Gasteiger partial charge in [0.25, 0.3) is 0 Å². The number of hydrogen-bond acceptors (Lipinski definition) is 7. The molecule has 0 amide bonds. The Morgan fingerprint density at radius 2 is 1.79 bits per heavy atom. The lowest BCUT2D eigenvalue weighted by Gasteiger charge is -2.39. The Hall–Kier alpha value is -2.16. The number of nitrogens with zero attached hydrogens (tertiary/aromatic N) is 1. The molecule has 2 aromatic carbocycles. The normalized spacial score (nSPS) is 27.3. The molecule has 4 N–H and O–H groups in total. The molecule has 0 radical (unpaired) electrons. The summed E-state index contributed by atoms with van der Waals surface area (Å²) in [6.07, 6.45) is -4.68. The summed E-state index contributed by atoms with van der Waals surface area (Å²) in [5.74, 6) is 0.791. The first-order valence-corrected chi connectivity index (χ1v) is 9.69. The summed E-state index contributed by atoms with van der Waals surface area (Å²) in [5, 5.41) is 42.7. The molecule has 8 heteroatoms. The van der Waals surface area contributed by atoms with Gasteiger partial charge in [0.15, 0.2) is 0 Å². The second-order valence-electron chi connectivity index (χ2n) is 6.86. The van der Waals surface area contributed by atoms with Crippen molar-refractivity contribution in [1.82, 2.24) is 0 Å². The van der Waals surface area contributed by atoms with Gasteiger partial charge in [-0.1, -0.05) is 41.0 Å². The molecule has 29 heavy (non-hydrogen) atoms. The van der Waals surface area contributed by atoms with Gasteiger partial charge in [-0.05, 0) is 48.2 Å². The lowest BCUT2D eigenvalue weighted by molar-refractivity contribution is -0.205. The van der Waals surface area contributed by atoms with Gasteiger partial charge in [0.1, 0.15) is 36.3 Å². The highest BCUT2D eigenvalue weighted by Crippen LogP contribution is 2.34. The van der Waals surface area contributed by atoms with Crippen molar-refractivity contribution < 1.29 is 30.0 Å². The lowest BCUT2D eigenvalue weighted by atomic mass is 9.90. The van der Waals surface area contributed by atoms with Crippen LogP contribution in [0, 0.1) is 0 Å². The molecule has 5 atom stereocenters. The van der Waals surface area contributed by atoms with Gasteiger partial charge in [0.2, 0.25) is 0 Å². The van der Waals surface area contributed by atoms with E-state index >= 15 is 0 Å². The van der Waals surface area contributed by atoms with E-state index in [1.54, 1.807) is 18.2 Å². The first-order chi connectivity index (χ1) is 13.9. The highest BCUT2D eigenvalue weighted by molar-refractivity contribution is 6.31. The third-order valence-corrected chi connectivity index (χ3v) is 5.26. The topological polar surface area (TPSA) is 112 Å². The fourth-order valence-electron chi connectivity index (χ4n) is 3.37. The summed E-state index contributed by atoms with van der Waals surface area (Å²) < 4.78 is 11.1. The average molecular weight is 422 g/mol. The van der Waals surface area contributed by atoms with Crippen molar-refractivity contribution in [2.45, 2.75) is 43.9 Å². The van der Waals surface area contributed by atoms with Crippen LogP contribution in [-0.4, -0.2) is 57.8 Å². The molecule has 1 aliphatic heterocycles. The van der Waals surface area contributed by atoms with E-state index in [-0.39, 0.29) is 0 Å². The maximum atomic E-state index is 10.4. The second kappa shape index (κ2) is 9.56. The van der Waals surface area contributed by atoms with Crippen molar-refractivity contribution in [3.8, 4) is 5.75 Å². The molecule has 7 nitrogen and oxygen atoms in total. The zero-order valence-electron chi connectivity index (χ0n) is 15.9. The second-order valence-corrected chi connectivity index (χ2v) is 7.27. The Kier molecular flexibility index (Phi) is 7.10. The lowest BCUT2D eigenvalue weighted by Crippen LogP contribution is -2.54. The van der Waals surface area contributed by atoms with Crippen LogP contribution in [0.5, 0.6) is 5.75 Å². The summed E-state index contributed by atoms with van der Waals surface area (Å²) in [5.41, 5.74) is 2.43. The highest BCUT2D eigenvalue weighted by atomic mass is 35.5. The van der Waals surface area contributed by atoms with Crippen molar-refractivity contribution in [3.63, 3.8) is 0 Å². The molecular formula is C21H24ClNO6. The van der Waals surface area contributed by atoms with E-state index in [0.29, 0.717) is 23.6 Å². The number of oxime groups is 1. The number of rotatable bonds is 6. The van der Waals surface area contributed by atoms with Crippen LogP contribution in [-0.2, 0) is 11.2 Å². The summed E-state index contributed by atoms with van der Waals surface area (Å²) in [7, 11) is 0. The number of halogens is 1. The molecule has 0 aliphatic carbocycles. The highest BCUT2D eigenvalue weighted by Gasteiger charge is 2.43. The summed E-state index contributed by atoms with van der Waals surface area (Å²) in [6, 6.07) is 12.9. The summed E-state index contributed by atoms with van der Waals surface area (Å²) in [4.78, 5) is 0. The first-order valence-electron chi connectivity index (χ1n) is 9.31. The quantitative estimate of drug-likeness (QED) is 0.323. The monoisotopic (exact) mass is 421 g/mol. The molecule has 1 heterocycles. The Morgan fingerprint density at radius 3 is 2.45 bits per heavy atom. The Balaban J connectivity index is 1.84. The van der Waals surface area contributed by atoms with Crippen molar-refractivity contribution >= 4 is 17.8 Å². The largest absolute Gasteiger partial charge is 0.494 e. The predicted molar refractivity (Wildman–Crippen MR) is 108 cm³/mol. The number of hydrogen-bond donors (Lipinski definition) is 4. The number of aliphatic hydroxyl groups is 3. The minimum Gasteiger partial charge on any atom is -0.494 e. The van der Waals surface area contributed by atoms with Gasteiger partial charge in [0.05, 0.1) is 12.8 Å². The van der Waals surface area contributed by atoms with Crippen LogP contribution < -0.4 is 4.74 Å². The molecular weight excluding hydrogens is 398 g/mol. The number of benzene rings is 2. The Morgan fingerprint density at radius 1 is 1.07 bits per heavy atom. The van der Waals surface area contributed by atoms with Crippen LogP contribution in [0.25, 0.3) is 0 Å². The molecule has 0 unspecified atom stereocenters.